The molecule has 0 fully saturated rings. The van der Waals surface area contributed by atoms with Crippen molar-refractivity contribution in [2.45, 2.75) is 33.6 Å². The molecule has 0 radical (unpaired) electrons. The summed E-state index contributed by atoms with van der Waals surface area (Å²) >= 11 is 0. The lowest BCUT2D eigenvalue weighted by Gasteiger charge is -2.29. The molecule has 0 unspecified atom stereocenters. The predicted octanol–water partition coefficient (Wildman–Crippen LogP) is 3.97. The molecule has 1 N–H and O–H groups in total. The zero-order valence-corrected chi connectivity index (χ0v) is 20.3. The predicted molar refractivity (Wildman–Crippen MR) is 133 cm³/mol. The first-order valence-corrected chi connectivity index (χ1v) is 11.5. The molecular formula is C27H30N2O6. The van der Waals surface area contributed by atoms with Crippen molar-refractivity contribution in [1.82, 2.24) is 4.90 Å². The molecule has 0 aliphatic carbocycles. The molecule has 0 saturated carbocycles. The quantitative estimate of drug-likeness (QED) is 0.239. The van der Waals surface area contributed by atoms with Crippen molar-refractivity contribution in [2.24, 2.45) is 4.99 Å². The number of esters is 1. The van der Waals surface area contributed by atoms with E-state index in [4.69, 9.17) is 14.3 Å². The standard InChI is InChI=1S/C27H30N2O6/c1-5-13-34-27(33)21-14-19(8-7-17(21)2)24-10-9-20(35-24)15-22-18(3)23(16-28-4)26(32)29(25(22)31)11-6-12-30/h7-10,14-15,30H,4-6,11-13,16H2,1-3H3/b22-15-. The van der Waals surface area contributed by atoms with Crippen LogP contribution in [-0.2, 0) is 14.3 Å². The first-order valence-electron chi connectivity index (χ1n) is 11.5. The van der Waals surface area contributed by atoms with E-state index < -0.39 is 11.8 Å². The molecule has 1 aliphatic heterocycles. The number of aliphatic imine (C=N–C) groups is 1. The van der Waals surface area contributed by atoms with Gasteiger partial charge in [-0.1, -0.05) is 19.1 Å². The monoisotopic (exact) mass is 478 g/mol. The third-order valence-corrected chi connectivity index (χ3v) is 5.74. The van der Waals surface area contributed by atoms with Gasteiger partial charge in [0, 0.05) is 29.9 Å². The van der Waals surface area contributed by atoms with Crippen molar-refractivity contribution >= 4 is 30.6 Å². The maximum absolute atomic E-state index is 13.1. The van der Waals surface area contributed by atoms with E-state index in [-0.39, 0.29) is 32.1 Å². The molecule has 1 aromatic carbocycles. The number of carbonyl (C=O) groups is 3. The summed E-state index contributed by atoms with van der Waals surface area (Å²) in [4.78, 5) is 43.3. The SMILES string of the molecule is C=NCC1=C(C)/C(=C/c2ccc(-c3ccc(C)c(C(=O)OCCC)c3)o2)C(=O)N(CCCO)C1=O. The summed E-state index contributed by atoms with van der Waals surface area (Å²) in [5, 5.41) is 9.17. The molecule has 35 heavy (non-hydrogen) atoms. The Morgan fingerprint density at radius 3 is 2.66 bits per heavy atom. The average Bonchev–Trinajstić information content (AvgIpc) is 3.32. The minimum atomic E-state index is -0.456. The number of aliphatic hydroxyl groups excluding tert-OH is 1. The lowest BCUT2D eigenvalue weighted by atomic mass is 9.94. The lowest BCUT2D eigenvalue weighted by molar-refractivity contribution is -0.140. The summed E-state index contributed by atoms with van der Waals surface area (Å²) < 4.78 is 11.3. The highest BCUT2D eigenvalue weighted by atomic mass is 16.5. The van der Waals surface area contributed by atoms with Gasteiger partial charge in [-0.3, -0.25) is 19.5 Å². The molecule has 0 atom stereocenters. The smallest absolute Gasteiger partial charge is 0.338 e. The van der Waals surface area contributed by atoms with Gasteiger partial charge in [-0.05, 0) is 68.8 Å². The lowest BCUT2D eigenvalue weighted by Crippen LogP contribution is -2.44. The number of carbonyl (C=O) groups excluding carboxylic acids is 3. The molecule has 2 amide bonds. The van der Waals surface area contributed by atoms with Crippen LogP contribution in [0.3, 0.4) is 0 Å². The largest absolute Gasteiger partial charge is 0.462 e. The number of imide groups is 1. The first kappa shape index (κ1) is 25.8. The van der Waals surface area contributed by atoms with E-state index >= 15 is 0 Å². The van der Waals surface area contributed by atoms with E-state index in [1.807, 2.05) is 26.0 Å². The molecule has 0 saturated heterocycles. The number of aryl methyl sites for hydroxylation is 1. The van der Waals surface area contributed by atoms with Crippen molar-refractivity contribution < 1.29 is 28.6 Å². The zero-order chi connectivity index (χ0) is 25.5. The van der Waals surface area contributed by atoms with Crippen LogP contribution in [0.2, 0.25) is 0 Å². The average molecular weight is 479 g/mol. The molecule has 1 aromatic heterocycles. The first-order chi connectivity index (χ1) is 16.8. The van der Waals surface area contributed by atoms with Crippen LogP contribution in [0.4, 0.5) is 0 Å². The number of furan rings is 1. The van der Waals surface area contributed by atoms with E-state index in [0.717, 1.165) is 16.9 Å². The summed E-state index contributed by atoms with van der Waals surface area (Å²) in [6.45, 7) is 9.33. The van der Waals surface area contributed by atoms with E-state index in [9.17, 15) is 14.4 Å². The van der Waals surface area contributed by atoms with Gasteiger partial charge in [0.1, 0.15) is 11.5 Å². The Kier molecular flexibility index (Phi) is 8.54. The molecule has 2 heterocycles. The van der Waals surface area contributed by atoms with Crippen molar-refractivity contribution in [3.8, 4) is 11.3 Å². The molecule has 1 aliphatic rings. The minimum Gasteiger partial charge on any atom is -0.462 e. The maximum atomic E-state index is 13.1. The number of hydrogen-bond acceptors (Lipinski definition) is 7. The highest BCUT2D eigenvalue weighted by molar-refractivity contribution is 6.18. The Bertz CT molecular complexity index is 1200. The molecule has 8 heteroatoms. The van der Waals surface area contributed by atoms with Gasteiger partial charge in [0.05, 0.1) is 18.7 Å². The number of rotatable bonds is 10. The fourth-order valence-electron chi connectivity index (χ4n) is 3.78. The zero-order valence-electron chi connectivity index (χ0n) is 20.3. The van der Waals surface area contributed by atoms with Gasteiger partial charge in [0.15, 0.2) is 0 Å². The Balaban J connectivity index is 1.96. The normalized spacial score (nSPS) is 15.2. The van der Waals surface area contributed by atoms with Gasteiger partial charge in [-0.2, -0.15) is 0 Å². The maximum Gasteiger partial charge on any atom is 0.338 e. The summed E-state index contributed by atoms with van der Waals surface area (Å²) in [6, 6.07) is 8.88. The van der Waals surface area contributed by atoms with Gasteiger partial charge in [-0.15, -0.1) is 0 Å². The molecule has 184 valence electrons. The third-order valence-electron chi connectivity index (χ3n) is 5.74. The number of nitrogens with zero attached hydrogens (tertiary/aromatic N) is 2. The second-order valence-electron chi connectivity index (χ2n) is 8.25. The van der Waals surface area contributed by atoms with Crippen LogP contribution in [0.5, 0.6) is 0 Å². The van der Waals surface area contributed by atoms with Crippen molar-refractivity contribution in [3.05, 3.63) is 63.9 Å². The number of ether oxygens (including phenoxy) is 1. The van der Waals surface area contributed by atoms with Crippen LogP contribution in [0, 0.1) is 6.92 Å². The topological polar surface area (TPSA) is 109 Å². The van der Waals surface area contributed by atoms with Gasteiger partial charge >= 0.3 is 5.97 Å². The van der Waals surface area contributed by atoms with Crippen molar-refractivity contribution in [1.29, 1.82) is 0 Å². The van der Waals surface area contributed by atoms with Gasteiger partial charge in [0.25, 0.3) is 11.8 Å². The Morgan fingerprint density at radius 1 is 1.20 bits per heavy atom. The Hall–Kier alpha value is -3.78. The number of amides is 2. The minimum absolute atomic E-state index is 0.0780. The molecule has 0 spiro atoms. The van der Waals surface area contributed by atoms with Gasteiger partial charge < -0.3 is 14.3 Å². The van der Waals surface area contributed by atoms with Crippen molar-refractivity contribution in [2.75, 3.05) is 26.3 Å². The number of benzene rings is 1. The summed E-state index contributed by atoms with van der Waals surface area (Å²) in [5.74, 6) is -0.325. The van der Waals surface area contributed by atoms with Crippen LogP contribution >= 0.6 is 0 Å². The Labute approximate surface area is 204 Å². The fraction of sp³-hybridized carbons (Fsp3) is 0.333. The molecular weight excluding hydrogens is 448 g/mol. The third kappa shape index (κ3) is 5.66. The summed E-state index contributed by atoms with van der Waals surface area (Å²) in [5.41, 5.74) is 3.17. The van der Waals surface area contributed by atoms with Gasteiger partial charge in [0.2, 0.25) is 0 Å². The number of hydrogen-bond donors (Lipinski definition) is 1. The molecule has 8 nitrogen and oxygen atoms in total. The van der Waals surface area contributed by atoms with Crippen LogP contribution in [0.25, 0.3) is 17.4 Å². The second-order valence-corrected chi connectivity index (χ2v) is 8.25. The van der Waals surface area contributed by atoms with Crippen LogP contribution in [0.1, 0.15) is 48.4 Å². The van der Waals surface area contributed by atoms with E-state index in [2.05, 4.69) is 11.7 Å². The summed E-state index contributed by atoms with van der Waals surface area (Å²) in [7, 11) is 0. The van der Waals surface area contributed by atoms with E-state index in [1.54, 1.807) is 31.2 Å². The van der Waals surface area contributed by atoms with E-state index in [0.29, 0.717) is 46.0 Å². The Morgan fingerprint density at radius 2 is 1.97 bits per heavy atom. The number of aliphatic hydroxyl groups is 1. The van der Waals surface area contributed by atoms with Crippen LogP contribution < -0.4 is 0 Å². The van der Waals surface area contributed by atoms with Gasteiger partial charge in [-0.25, -0.2) is 4.79 Å². The highest BCUT2D eigenvalue weighted by Crippen LogP contribution is 2.30. The fourth-order valence-corrected chi connectivity index (χ4v) is 3.78. The van der Waals surface area contributed by atoms with Crippen molar-refractivity contribution in [3.63, 3.8) is 0 Å². The van der Waals surface area contributed by atoms with Crippen LogP contribution in [0.15, 0.2) is 56.5 Å². The second kappa shape index (κ2) is 11.6. The molecule has 2 aromatic rings. The highest BCUT2D eigenvalue weighted by Gasteiger charge is 2.34. The molecule has 3 rings (SSSR count). The summed E-state index contributed by atoms with van der Waals surface area (Å²) in [6.07, 6.45) is 2.61. The van der Waals surface area contributed by atoms with Crippen LogP contribution in [-0.4, -0.2) is 60.8 Å². The molecule has 0 bridgehead atoms. The van der Waals surface area contributed by atoms with E-state index in [1.165, 1.54) is 0 Å².